The Morgan fingerprint density at radius 3 is 2.78 bits per heavy atom. The van der Waals surface area contributed by atoms with Gasteiger partial charge in [0.1, 0.15) is 16.5 Å². The molecule has 0 aliphatic heterocycles. The van der Waals surface area contributed by atoms with E-state index in [2.05, 4.69) is 4.98 Å². The smallest absolute Gasteiger partial charge is 0.129 e. The quantitative estimate of drug-likeness (QED) is 0.901. The van der Waals surface area contributed by atoms with Crippen molar-refractivity contribution >= 4 is 11.3 Å². The molecule has 0 atom stereocenters. The van der Waals surface area contributed by atoms with Crippen LogP contribution in [0, 0.1) is 0 Å². The summed E-state index contributed by atoms with van der Waals surface area (Å²) in [5.74, 6) is 1.53. The van der Waals surface area contributed by atoms with E-state index in [1.165, 1.54) is 11.3 Å². The molecule has 0 aliphatic rings. The lowest BCUT2D eigenvalue weighted by atomic mass is 10.2. The lowest BCUT2D eigenvalue weighted by Gasteiger charge is -2.08. The molecule has 1 heterocycles. The first-order chi connectivity index (χ1) is 8.78. The summed E-state index contributed by atoms with van der Waals surface area (Å²) >= 11 is 1.53. The number of aliphatic hydroxyl groups excluding tert-OH is 1. The molecule has 5 heteroatoms. The SMILES string of the molecule is COc1ccc(OC)c(-c2nc(CCO)cs2)c1. The number of aliphatic hydroxyl groups is 1. The van der Waals surface area contributed by atoms with E-state index in [-0.39, 0.29) is 6.61 Å². The molecular formula is C13H15NO3S. The molecule has 0 unspecified atom stereocenters. The molecule has 4 nitrogen and oxygen atoms in total. The number of nitrogens with zero attached hydrogens (tertiary/aromatic N) is 1. The van der Waals surface area contributed by atoms with Gasteiger partial charge in [-0.3, -0.25) is 0 Å². The summed E-state index contributed by atoms with van der Waals surface area (Å²) in [4.78, 5) is 4.48. The number of aromatic nitrogens is 1. The summed E-state index contributed by atoms with van der Waals surface area (Å²) in [7, 11) is 3.26. The molecule has 1 aromatic carbocycles. The standard InChI is InChI=1S/C13H15NO3S/c1-16-10-3-4-12(17-2)11(7-10)13-14-9(5-6-15)8-18-13/h3-4,7-8,15H,5-6H2,1-2H3. The van der Waals surface area contributed by atoms with Crippen molar-refractivity contribution < 1.29 is 14.6 Å². The Kier molecular flexibility index (Phi) is 4.17. The molecule has 1 aromatic heterocycles. The summed E-state index contributed by atoms with van der Waals surface area (Å²) in [6.45, 7) is 0.110. The fraction of sp³-hybridized carbons (Fsp3) is 0.308. The van der Waals surface area contributed by atoms with Crippen LogP contribution < -0.4 is 9.47 Å². The summed E-state index contributed by atoms with van der Waals surface area (Å²) in [6, 6.07) is 5.62. The Bertz CT molecular complexity index is 525. The van der Waals surface area contributed by atoms with Crippen LogP contribution in [0.5, 0.6) is 11.5 Å². The third-order valence-electron chi connectivity index (χ3n) is 2.56. The fourth-order valence-corrected chi connectivity index (χ4v) is 2.52. The van der Waals surface area contributed by atoms with Crippen LogP contribution in [0.3, 0.4) is 0 Å². The molecule has 0 spiro atoms. The Morgan fingerprint density at radius 2 is 2.11 bits per heavy atom. The molecule has 0 fully saturated rings. The van der Waals surface area contributed by atoms with Gasteiger partial charge in [-0.15, -0.1) is 11.3 Å². The van der Waals surface area contributed by atoms with Gasteiger partial charge in [0.15, 0.2) is 0 Å². The van der Waals surface area contributed by atoms with E-state index in [0.29, 0.717) is 6.42 Å². The normalized spacial score (nSPS) is 10.4. The lowest BCUT2D eigenvalue weighted by Crippen LogP contribution is -1.92. The predicted octanol–water partition coefficient (Wildman–Crippen LogP) is 2.36. The van der Waals surface area contributed by atoms with E-state index in [0.717, 1.165) is 27.8 Å². The monoisotopic (exact) mass is 265 g/mol. The van der Waals surface area contributed by atoms with Crippen LogP contribution in [0.4, 0.5) is 0 Å². The van der Waals surface area contributed by atoms with Crippen LogP contribution in [0.25, 0.3) is 10.6 Å². The molecule has 0 radical (unpaired) electrons. The fourth-order valence-electron chi connectivity index (χ4n) is 1.64. The van der Waals surface area contributed by atoms with Crippen LogP contribution in [-0.2, 0) is 6.42 Å². The maximum atomic E-state index is 8.90. The molecular weight excluding hydrogens is 250 g/mol. The van der Waals surface area contributed by atoms with Gasteiger partial charge in [0.25, 0.3) is 0 Å². The van der Waals surface area contributed by atoms with E-state index in [9.17, 15) is 0 Å². The second-order valence-electron chi connectivity index (χ2n) is 3.68. The lowest BCUT2D eigenvalue weighted by molar-refractivity contribution is 0.298. The maximum absolute atomic E-state index is 8.90. The molecule has 0 amide bonds. The van der Waals surface area contributed by atoms with Crippen molar-refractivity contribution in [2.75, 3.05) is 20.8 Å². The minimum Gasteiger partial charge on any atom is -0.497 e. The Morgan fingerprint density at radius 1 is 1.28 bits per heavy atom. The average molecular weight is 265 g/mol. The molecule has 0 saturated heterocycles. The second kappa shape index (κ2) is 5.84. The van der Waals surface area contributed by atoms with Crippen LogP contribution >= 0.6 is 11.3 Å². The van der Waals surface area contributed by atoms with Crippen molar-refractivity contribution in [2.45, 2.75) is 6.42 Å². The number of thiazole rings is 1. The van der Waals surface area contributed by atoms with Crippen molar-refractivity contribution in [1.29, 1.82) is 0 Å². The highest BCUT2D eigenvalue weighted by atomic mass is 32.1. The number of hydrogen-bond donors (Lipinski definition) is 1. The zero-order valence-corrected chi connectivity index (χ0v) is 11.2. The summed E-state index contributed by atoms with van der Waals surface area (Å²) < 4.78 is 10.5. The van der Waals surface area contributed by atoms with Gasteiger partial charge < -0.3 is 14.6 Å². The van der Waals surface area contributed by atoms with E-state index < -0.39 is 0 Å². The molecule has 0 saturated carbocycles. The molecule has 96 valence electrons. The number of rotatable bonds is 5. The van der Waals surface area contributed by atoms with E-state index in [4.69, 9.17) is 14.6 Å². The van der Waals surface area contributed by atoms with Crippen LogP contribution in [0.1, 0.15) is 5.69 Å². The highest BCUT2D eigenvalue weighted by molar-refractivity contribution is 7.13. The summed E-state index contributed by atoms with van der Waals surface area (Å²) in [5, 5.41) is 11.7. The van der Waals surface area contributed by atoms with Crippen LogP contribution in [0.15, 0.2) is 23.6 Å². The third kappa shape index (κ3) is 2.63. The van der Waals surface area contributed by atoms with Crippen molar-refractivity contribution in [2.24, 2.45) is 0 Å². The first kappa shape index (κ1) is 12.9. The van der Waals surface area contributed by atoms with E-state index in [1.54, 1.807) is 14.2 Å². The van der Waals surface area contributed by atoms with Crippen molar-refractivity contribution in [3.8, 4) is 22.1 Å². The maximum Gasteiger partial charge on any atom is 0.129 e. The highest BCUT2D eigenvalue weighted by Crippen LogP contribution is 2.35. The van der Waals surface area contributed by atoms with Gasteiger partial charge in [-0.2, -0.15) is 0 Å². The largest absolute Gasteiger partial charge is 0.497 e. The first-order valence-electron chi connectivity index (χ1n) is 5.56. The molecule has 0 bridgehead atoms. The van der Waals surface area contributed by atoms with Crippen molar-refractivity contribution in [3.63, 3.8) is 0 Å². The molecule has 18 heavy (non-hydrogen) atoms. The van der Waals surface area contributed by atoms with Crippen molar-refractivity contribution in [3.05, 3.63) is 29.3 Å². The minimum atomic E-state index is 0.110. The molecule has 2 aromatic rings. The van der Waals surface area contributed by atoms with Gasteiger partial charge in [0.2, 0.25) is 0 Å². The number of methoxy groups -OCH3 is 2. The number of hydrogen-bond acceptors (Lipinski definition) is 5. The number of benzene rings is 1. The zero-order chi connectivity index (χ0) is 13.0. The van der Waals surface area contributed by atoms with Crippen molar-refractivity contribution in [1.82, 2.24) is 4.98 Å². The molecule has 1 N–H and O–H groups in total. The Hall–Kier alpha value is -1.59. The van der Waals surface area contributed by atoms with Crippen LogP contribution in [0.2, 0.25) is 0 Å². The first-order valence-corrected chi connectivity index (χ1v) is 6.44. The molecule has 0 aliphatic carbocycles. The van der Waals surface area contributed by atoms with E-state index >= 15 is 0 Å². The Balaban J connectivity index is 2.40. The van der Waals surface area contributed by atoms with Gasteiger partial charge >= 0.3 is 0 Å². The summed E-state index contributed by atoms with van der Waals surface area (Å²) in [6.07, 6.45) is 0.572. The number of ether oxygens (including phenoxy) is 2. The Labute approximate surface area is 110 Å². The highest BCUT2D eigenvalue weighted by Gasteiger charge is 2.11. The predicted molar refractivity (Wildman–Crippen MR) is 71.4 cm³/mol. The summed E-state index contributed by atoms with van der Waals surface area (Å²) in [5.41, 5.74) is 1.80. The van der Waals surface area contributed by atoms with Gasteiger partial charge in [-0.25, -0.2) is 4.98 Å². The average Bonchev–Trinajstić information content (AvgIpc) is 2.87. The molecule has 2 rings (SSSR count). The van der Waals surface area contributed by atoms with Crippen LogP contribution in [-0.4, -0.2) is 30.9 Å². The van der Waals surface area contributed by atoms with Gasteiger partial charge in [-0.05, 0) is 18.2 Å². The van der Waals surface area contributed by atoms with Gasteiger partial charge in [-0.1, -0.05) is 0 Å². The zero-order valence-electron chi connectivity index (χ0n) is 10.3. The van der Waals surface area contributed by atoms with E-state index in [1.807, 2.05) is 23.6 Å². The topological polar surface area (TPSA) is 51.6 Å². The van der Waals surface area contributed by atoms with Gasteiger partial charge in [0, 0.05) is 18.4 Å². The minimum absolute atomic E-state index is 0.110. The third-order valence-corrected chi connectivity index (χ3v) is 3.48. The second-order valence-corrected chi connectivity index (χ2v) is 4.54. The van der Waals surface area contributed by atoms with Gasteiger partial charge in [0.05, 0.1) is 25.5 Å².